The van der Waals surface area contributed by atoms with Crippen molar-refractivity contribution in [1.29, 1.82) is 10.5 Å². The van der Waals surface area contributed by atoms with Gasteiger partial charge in [0.25, 0.3) is 0 Å². The third-order valence-corrected chi connectivity index (χ3v) is 0.763. The van der Waals surface area contributed by atoms with Crippen LogP contribution in [-0.4, -0.2) is 0 Å². The van der Waals surface area contributed by atoms with E-state index in [1.807, 2.05) is 13.0 Å². The van der Waals surface area contributed by atoms with E-state index >= 15 is 0 Å². The van der Waals surface area contributed by atoms with Gasteiger partial charge >= 0.3 is 0 Å². The van der Waals surface area contributed by atoms with Gasteiger partial charge in [-0.25, -0.2) is 0 Å². The van der Waals surface area contributed by atoms with Gasteiger partial charge in [-0.05, 0) is 6.42 Å². The molecule has 0 aliphatic heterocycles. The van der Waals surface area contributed by atoms with E-state index in [4.69, 9.17) is 10.5 Å². The summed E-state index contributed by atoms with van der Waals surface area (Å²) in [5.41, 5.74) is 0.535. The summed E-state index contributed by atoms with van der Waals surface area (Å²) in [6, 6.07) is 3.68. The Balaban J connectivity index is 3.98. The van der Waals surface area contributed by atoms with Crippen LogP contribution < -0.4 is 0 Å². The Hall–Kier alpha value is -1.28. The standard InChI is InChI=1S/C6H6N2/c1-2-6(5-8)3-4-7/h3H,2H2,1H3/b6-3-. The van der Waals surface area contributed by atoms with Crippen molar-refractivity contribution in [3.05, 3.63) is 11.6 Å². The molecule has 2 nitrogen and oxygen atoms in total. The Kier molecular flexibility index (Phi) is 3.27. The first-order valence-corrected chi connectivity index (χ1v) is 2.34. The molecule has 2 heteroatoms. The molecule has 40 valence electrons. The van der Waals surface area contributed by atoms with Gasteiger partial charge in [-0.1, -0.05) is 6.92 Å². The lowest BCUT2D eigenvalue weighted by Gasteiger charge is -1.79. The highest BCUT2D eigenvalue weighted by molar-refractivity contribution is 5.25. The molecule has 0 aromatic rings. The van der Waals surface area contributed by atoms with E-state index in [0.717, 1.165) is 0 Å². The quantitative estimate of drug-likeness (QED) is 0.474. The fourth-order valence-corrected chi connectivity index (χ4v) is 0.291. The molecule has 0 radical (unpaired) electrons. The summed E-state index contributed by atoms with van der Waals surface area (Å²) in [4.78, 5) is 0. The zero-order valence-electron chi connectivity index (χ0n) is 4.68. The van der Waals surface area contributed by atoms with Crippen molar-refractivity contribution in [1.82, 2.24) is 0 Å². The number of rotatable bonds is 1. The Bertz CT molecular complexity index is 166. The predicted molar refractivity (Wildman–Crippen MR) is 29.6 cm³/mol. The van der Waals surface area contributed by atoms with Crippen LogP contribution in [0.3, 0.4) is 0 Å². The summed E-state index contributed by atoms with van der Waals surface area (Å²) in [6.45, 7) is 1.84. The van der Waals surface area contributed by atoms with Crippen LogP contribution >= 0.6 is 0 Å². The second kappa shape index (κ2) is 3.89. The molecule has 0 amide bonds. The van der Waals surface area contributed by atoms with Crippen LogP contribution in [0.1, 0.15) is 13.3 Å². The van der Waals surface area contributed by atoms with E-state index in [9.17, 15) is 0 Å². The Morgan fingerprint density at radius 1 is 1.62 bits per heavy atom. The summed E-state index contributed by atoms with van der Waals surface area (Å²) >= 11 is 0. The zero-order chi connectivity index (χ0) is 6.41. The minimum atomic E-state index is 0.535. The highest BCUT2D eigenvalue weighted by Crippen LogP contribution is 1.94. The molecule has 0 aromatic carbocycles. The lowest BCUT2D eigenvalue weighted by molar-refractivity contribution is 1.15. The second-order valence-corrected chi connectivity index (χ2v) is 1.26. The number of hydrogen-bond donors (Lipinski definition) is 0. The monoisotopic (exact) mass is 106 g/mol. The molecule has 0 aromatic heterocycles. The Morgan fingerprint density at radius 3 is 2.38 bits per heavy atom. The second-order valence-electron chi connectivity index (χ2n) is 1.26. The maximum atomic E-state index is 8.19. The fraction of sp³-hybridized carbons (Fsp3) is 0.333. The molecular formula is C6H6N2. The van der Waals surface area contributed by atoms with Crippen LogP contribution in [-0.2, 0) is 0 Å². The van der Waals surface area contributed by atoms with E-state index in [2.05, 4.69) is 0 Å². The number of nitrogens with zero attached hydrogens (tertiary/aromatic N) is 2. The number of allylic oxidation sites excluding steroid dienone is 2. The third kappa shape index (κ3) is 2.00. The van der Waals surface area contributed by atoms with Gasteiger partial charge in [0.15, 0.2) is 0 Å². The van der Waals surface area contributed by atoms with Crippen LogP contribution in [0.4, 0.5) is 0 Å². The SMILES string of the molecule is CC/C(C#N)=C/C#N. The zero-order valence-corrected chi connectivity index (χ0v) is 4.68. The van der Waals surface area contributed by atoms with E-state index in [1.54, 1.807) is 6.07 Å². The van der Waals surface area contributed by atoms with Crippen molar-refractivity contribution in [2.45, 2.75) is 13.3 Å². The normalized spacial score (nSPS) is 9.62. The van der Waals surface area contributed by atoms with Crippen LogP contribution in [0.5, 0.6) is 0 Å². The van der Waals surface area contributed by atoms with E-state index < -0.39 is 0 Å². The molecule has 0 saturated heterocycles. The largest absolute Gasteiger partial charge is 0.193 e. The Labute approximate surface area is 48.7 Å². The van der Waals surface area contributed by atoms with Crippen molar-refractivity contribution in [2.24, 2.45) is 0 Å². The highest BCUT2D eigenvalue weighted by Gasteiger charge is 1.85. The van der Waals surface area contributed by atoms with Crippen LogP contribution in [0.2, 0.25) is 0 Å². The smallest absolute Gasteiger partial charge is 0.0954 e. The van der Waals surface area contributed by atoms with Gasteiger partial charge < -0.3 is 0 Å². The summed E-state index contributed by atoms with van der Waals surface area (Å²) in [5.74, 6) is 0. The first kappa shape index (κ1) is 6.72. The summed E-state index contributed by atoms with van der Waals surface area (Å²) in [7, 11) is 0. The molecule has 0 unspecified atom stereocenters. The van der Waals surface area contributed by atoms with Gasteiger partial charge in [0.05, 0.1) is 12.1 Å². The van der Waals surface area contributed by atoms with Crippen molar-refractivity contribution in [3.8, 4) is 12.1 Å². The highest BCUT2D eigenvalue weighted by atomic mass is 14.2. The van der Waals surface area contributed by atoms with Gasteiger partial charge in [-0.2, -0.15) is 10.5 Å². The molecule has 0 bridgehead atoms. The van der Waals surface area contributed by atoms with Gasteiger partial charge in [-0.3, -0.25) is 0 Å². The van der Waals surface area contributed by atoms with E-state index in [1.165, 1.54) is 6.08 Å². The molecule has 0 atom stereocenters. The maximum absolute atomic E-state index is 8.19. The molecular weight excluding hydrogens is 100 g/mol. The summed E-state index contributed by atoms with van der Waals surface area (Å²) in [5, 5.41) is 16.2. The average molecular weight is 106 g/mol. The third-order valence-electron chi connectivity index (χ3n) is 0.763. The molecule has 8 heavy (non-hydrogen) atoms. The van der Waals surface area contributed by atoms with Gasteiger partial charge in [-0.15, -0.1) is 0 Å². The van der Waals surface area contributed by atoms with Crippen LogP contribution in [0.15, 0.2) is 11.6 Å². The number of hydrogen-bond acceptors (Lipinski definition) is 2. The maximum Gasteiger partial charge on any atom is 0.0954 e. The van der Waals surface area contributed by atoms with Gasteiger partial charge in [0.1, 0.15) is 0 Å². The average Bonchev–Trinajstić information content (AvgIpc) is 1.83. The Morgan fingerprint density at radius 2 is 2.25 bits per heavy atom. The van der Waals surface area contributed by atoms with Gasteiger partial charge in [0.2, 0.25) is 0 Å². The van der Waals surface area contributed by atoms with Crippen molar-refractivity contribution < 1.29 is 0 Å². The lowest BCUT2D eigenvalue weighted by atomic mass is 10.2. The summed E-state index contributed by atoms with van der Waals surface area (Å²) in [6.07, 6.45) is 1.91. The molecule has 0 spiro atoms. The number of nitriles is 2. The molecule has 0 heterocycles. The van der Waals surface area contributed by atoms with E-state index in [0.29, 0.717) is 12.0 Å². The molecule has 0 saturated carbocycles. The van der Waals surface area contributed by atoms with Gasteiger partial charge in [0, 0.05) is 11.6 Å². The minimum absolute atomic E-state index is 0.535. The topological polar surface area (TPSA) is 47.6 Å². The fourth-order valence-electron chi connectivity index (χ4n) is 0.291. The lowest BCUT2D eigenvalue weighted by Crippen LogP contribution is -1.70. The first-order valence-electron chi connectivity index (χ1n) is 2.34. The predicted octanol–water partition coefficient (Wildman–Crippen LogP) is 1.37. The van der Waals surface area contributed by atoms with Crippen molar-refractivity contribution >= 4 is 0 Å². The first-order chi connectivity index (χ1) is 3.85. The van der Waals surface area contributed by atoms with E-state index in [-0.39, 0.29) is 0 Å². The molecule has 0 aliphatic rings. The molecule has 0 fully saturated rings. The molecule has 0 N–H and O–H groups in total. The van der Waals surface area contributed by atoms with Crippen LogP contribution in [0, 0.1) is 22.7 Å². The molecule has 0 aliphatic carbocycles. The minimum Gasteiger partial charge on any atom is -0.193 e. The summed E-state index contributed by atoms with van der Waals surface area (Å²) < 4.78 is 0. The van der Waals surface area contributed by atoms with Crippen LogP contribution in [0.25, 0.3) is 0 Å². The van der Waals surface area contributed by atoms with Crippen molar-refractivity contribution in [3.63, 3.8) is 0 Å². The van der Waals surface area contributed by atoms with Crippen molar-refractivity contribution in [2.75, 3.05) is 0 Å². The molecule has 0 rings (SSSR count).